The molecule has 1 atom stereocenters. The molecule has 0 radical (unpaired) electrons. The minimum absolute atomic E-state index is 0.0244. The predicted molar refractivity (Wildman–Crippen MR) is 123 cm³/mol. The molecule has 2 aliphatic rings. The van der Waals surface area contributed by atoms with Crippen molar-refractivity contribution in [2.24, 2.45) is 0 Å². The van der Waals surface area contributed by atoms with E-state index < -0.39 is 6.04 Å². The number of carbonyl (C=O) groups is 3. The van der Waals surface area contributed by atoms with E-state index in [1.807, 2.05) is 24.3 Å². The third-order valence-corrected chi connectivity index (χ3v) is 6.31. The number of hydrogen-bond acceptors (Lipinski definition) is 4. The van der Waals surface area contributed by atoms with Crippen molar-refractivity contribution in [1.82, 2.24) is 4.90 Å². The number of nitrogens with one attached hydrogen (secondary N) is 1. The molecule has 7 heteroatoms. The van der Waals surface area contributed by atoms with Crippen LogP contribution in [0.1, 0.15) is 44.6 Å². The van der Waals surface area contributed by atoms with Gasteiger partial charge in [0.25, 0.3) is 5.91 Å². The number of aryl methyl sites for hydroxylation is 1. The number of hydrogen-bond donors (Lipinski definition) is 1. The summed E-state index contributed by atoms with van der Waals surface area (Å²) in [5.74, 6) is -0.0882. The van der Waals surface area contributed by atoms with E-state index in [0.717, 1.165) is 32.1 Å². The summed E-state index contributed by atoms with van der Waals surface area (Å²) in [5.41, 5.74) is 2.32. The zero-order chi connectivity index (χ0) is 22.7. The fourth-order valence-corrected chi connectivity index (χ4v) is 4.59. The van der Waals surface area contributed by atoms with E-state index in [1.54, 1.807) is 29.2 Å². The van der Waals surface area contributed by atoms with Crippen molar-refractivity contribution in [2.75, 3.05) is 17.3 Å². The van der Waals surface area contributed by atoms with Gasteiger partial charge in [0.2, 0.25) is 5.91 Å². The Balaban J connectivity index is 1.56. The first-order valence-corrected chi connectivity index (χ1v) is 11.2. The van der Waals surface area contributed by atoms with Gasteiger partial charge in [0.05, 0.1) is 19.2 Å². The predicted octanol–water partition coefficient (Wildman–Crippen LogP) is 4.37. The van der Waals surface area contributed by atoms with Gasteiger partial charge in [0.1, 0.15) is 11.8 Å². The van der Waals surface area contributed by atoms with Gasteiger partial charge < -0.3 is 15.0 Å². The molecule has 1 aliphatic carbocycles. The van der Waals surface area contributed by atoms with Gasteiger partial charge in [-0.25, -0.2) is 9.69 Å². The third kappa shape index (κ3) is 4.33. The molecule has 0 bridgehead atoms. The van der Waals surface area contributed by atoms with Crippen molar-refractivity contribution in [1.29, 1.82) is 0 Å². The van der Waals surface area contributed by atoms with E-state index in [1.165, 1.54) is 17.6 Å². The number of amides is 4. The number of carbonyl (C=O) groups excluding carboxylic acids is 3. The third-order valence-electron chi connectivity index (χ3n) is 6.31. The highest BCUT2D eigenvalue weighted by Gasteiger charge is 2.49. The minimum atomic E-state index is -0.813. The van der Waals surface area contributed by atoms with Crippen LogP contribution in [-0.4, -0.2) is 41.9 Å². The molecule has 0 spiro atoms. The highest BCUT2D eigenvalue weighted by Crippen LogP contribution is 2.35. The van der Waals surface area contributed by atoms with Crippen molar-refractivity contribution >= 4 is 29.2 Å². The van der Waals surface area contributed by atoms with Crippen LogP contribution in [0.4, 0.5) is 16.2 Å². The van der Waals surface area contributed by atoms with Crippen molar-refractivity contribution in [2.45, 2.75) is 57.5 Å². The Hall–Kier alpha value is -3.35. The number of anilines is 2. The van der Waals surface area contributed by atoms with E-state index in [-0.39, 0.29) is 30.3 Å². The van der Waals surface area contributed by atoms with Gasteiger partial charge in [-0.15, -0.1) is 0 Å². The van der Waals surface area contributed by atoms with Crippen molar-refractivity contribution in [3.8, 4) is 5.75 Å². The zero-order valence-electron chi connectivity index (χ0n) is 18.5. The highest BCUT2D eigenvalue weighted by molar-refractivity contribution is 6.22. The minimum Gasteiger partial charge on any atom is -0.497 e. The molecule has 0 unspecified atom stereocenters. The lowest BCUT2D eigenvalue weighted by Crippen LogP contribution is -2.43. The Morgan fingerprint density at radius 3 is 2.47 bits per heavy atom. The van der Waals surface area contributed by atoms with Crippen molar-refractivity contribution in [3.05, 3.63) is 54.1 Å². The summed E-state index contributed by atoms with van der Waals surface area (Å²) in [5, 5.41) is 2.87. The Morgan fingerprint density at radius 2 is 1.81 bits per heavy atom. The second-order valence-electron chi connectivity index (χ2n) is 8.32. The summed E-state index contributed by atoms with van der Waals surface area (Å²) >= 11 is 0. The van der Waals surface area contributed by atoms with Crippen LogP contribution in [0.25, 0.3) is 0 Å². The van der Waals surface area contributed by atoms with E-state index in [4.69, 9.17) is 4.74 Å². The molecule has 2 fully saturated rings. The van der Waals surface area contributed by atoms with Crippen LogP contribution in [0.15, 0.2) is 48.5 Å². The Kier molecular flexibility index (Phi) is 6.44. The first kappa shape index (κ1) is 21.9. The smallest absolute Gasteiger partial charge is 0.332 e. The molecule has 1 saturated heterocycles. The average molecular weight is 436 g/mol. The molecule has 4 amide bonds. The van der Waals surface area contributed by atoms with Crippen LogP contribution in [0.5, 0.6) is 5.75 Å². The lowest BCUT2D eigenvalue weighted by atomic mass is 10.1. The monoisotopic (exact) mass is 435 g/mol. The van der Waals surface area contributed by atoms with Crippen LogP contribution >= 0.6 is 0 Å². The molecule has 7 nitrogen and oxygen atoms in total. The SMILES string of the molecule is CCc1ccc(NC(=O)C[C@H]2C(=O)N(c3cccc(OC)c3)C(=O)N2C2CCCC2)cc1. The number of nitrogens with zero attached hydrogens (tertiary/aromatic N) is 2. The van der Waals surface area contributed by atoms with Gasteiger partial charge in [-0.2, -0.15) is 0 Å². The van der Waals surface area contributed by atoms with Crippen LogP contribution < -0.4 is 15.0 Å². The van der Waals surface area contributed by atoms with E-state index in [9.17, 15) is 14.4 Å². The number of methoxy groups -OCH3 is 1. The van der Waals surface area contributed by atoms with Crippen LogP contribution in [0.2, 0.25) is 0 Å². The molecule has 1 saturated carbocycles. The summed E-state index contributed by atoms with van der Waals surface area (Å²) in [4.78, 5) is 42.4. The quantitative estimate of drug-likeness (QED) is 0.655. The zero-order valence-corrected chi connectivity index (χ0v) is 18.5. The molecule has 1 aliphatic heterocycles. The second kappa shape index (κ2) is 9.42. The van der Waals surface area contributed by atoms with Gasteiger partial charge in [-0.05, 0) is 49.1 Å². The summed E-state index contributed by atoms with van der Waals surface area (Å²) < 4.78 is 5.26. The molecular weight excluding hydrogens is 406 g/mol. The molecule has 1 heterocycles. The topological polar surface area (TPSA) is 79.0 Å². The van der Waals surface area contributed by atoms with Gasteiger partial charge >= 0.3 is 6.03 Å². The second-order valence-corrected chi connectivity index (χ2v) is 8.32. The molecular formula is C25H29N3O4. The fraction of sp³-hybridized carbons (Fsp3) is 0.400. The number of ether oxygens (including phenoxy) is 1. The van der Waals surface area contributed by atoms with Crippen LogP contribution in [0, 0.1) is 0 Å². The number of benzene rings is 2. The summed E-state index contributed by atoms with van der Waals surface area (Å²) in [6.45, 7) is 2.07. The van der Waals surface area contributed by atoms with Crippen molar-refractivity contribution < 1.29 is 19.1 Å². The van der Waals surface area contributed by atoms with Gasteiger partial charge in [0, 0.05) is 17.8 Å². The highest BCUT2D eigenvalue weighted by atomic mass is 16.5. The Morgan fingerprint density at radius 1 is 1.09 bits per heavy atom. The van der Waals surface area contributed by atoms with Gasteiger partial charge in [-0.3, -0.25) is 9.59 Å². The Labute approximate surface area is 188 Å². The molecule has 4 rings (SSSR count). The molecule has 0 aromatic heterocycles. The number of urea groups is 1. The largest absolute Gasteiger partial charge is 0.497 e. The van der Waals surface area contributed by atoms with Crippen molar-refractivity contribution in [3.63, 3.8) is 0 Å². The lowest BCUT2D eigenvalue weighted by Gasteiger charge is -2.27. The maximum Gasteiger partial charge on any atom is 0.332 e. The average Bonchev–Trinajstić information content (AvgIpc) is 3.41. The number of imide groups is 1. The van der Waals surface area contributed by atoms with Gasteiger partial charge in [0.15, 0.2) is 0 Å². The molecule has 2 aromatic carbocycles. The van der Waals surface area contributed by atoms with Gasteiger partial charge in [-0.1, -0.05) is 38.0 Å². The maximum absolute atomic E-state index is 13.4. The van der Waals surface area contributed by atoms with E-state index in [0.29, 0.717) is 17.1 Å². The van der Waals surface area contributed by atoms with E-state index in [2.05, 4.69) is 12.2 Å². The lowest BCUT2D eigenvalue weighted by molar-refractivity contribution is -0.124. The summed E-state index contributed by atoms with van der Waals surface area (Å²) in [6, 6.07) is 13.3. The standard InChI is InChI=1S/C25H29N3O4/c1-3-17-11-13-18(14-12-17)26-23(29)16-22-24(30)28(20-9-6-10-21(15-20)32-2)25(31)27(22)19-7-4-5-8-19/h6,9-15,19,22H,3-5,7-8,16H2,1-2H3,(H,26,29)/t22-/m0/s1. The van der Waals surface area contributed by atoms with Crippen LogP contribution in [0.3, 0.4) is 0 Å². The van der Waals surface area contributed by atoms with Crippen LogP contribution in [-0.2, 0) is 16.0 Å². The maximum atomic E-state index is 13.4. The fourth-order valence-electron chi connectivity index (χ4n) is 4.59. The molecule has 168 valence electrons. The number of rotatable bonds is 7. The molecule has 2 aromatic rings. The summed E-state index contributed by atoms with van der Waals surface area (Å²) in [7, 11) is 1.54. The first-order valence-electron chi connectivity index (χ1n) is 11.2. The van der Waals surface area contributed by atoms with E-state index >= 15 is 0 Å². The first-order chi connectivity index (χ1) is 15.5. The normalized spacial score (nSPS) is 19.0. The molecule has 32 heavy (non-hydrogen) atoms. The Bertz CT molecular complexity index is 999. The summed E-state index contributed by atoms with van der Waals surface area (Å²) in [6.07, 6.45) is 4.58. The molecule has 1 N–H and O–H groups in total.